The lowest BCUT2D eigenvalue weighted by Crippen LogP contribution is -2.43. The van der Waals surface area contributed by atoms with Gasteiger partial charge in [0.15, 0.2) is 0 Å². The van der Waals surface area contributed by atoms with Gasteiger partial charge < -0.3 is 19.6 Å². The van der Waals surface area contributed by atoms with E-state index in [1.54, 1.807) is 19.2 Å². The van der Waals surface area contributed by atoms with Gasteiger partial charge in [-0.2, -0.15) is 0 Å². The summed E-state index contributed by atoms with van der Waals surface area (Å²) in [6.07, 6.45) is -1.26. The molecule has 0 radical (unpaired) electrons. The van der Waals surface area contributed by atoms with Crippen molar-refractivity contribution in [2.24, 2.45) is 0 Å². The Morgan fingerprint density at radius 2 is 2.00 bits per heavy atom. The Labute approximate surface area is 162 Å². The predicted octanol–water partition coefficient (Wildman–Crippen LogP) is 2.80. The van der Waals surface area contributed by atoms with Crippen LogP contribution in [0, 0.1) is 0 Å². The minimum atomic E-state index is -2.24. The maximum atomic E-state index is 13.2. The normalized spacial score (nSPS) is 22.2. The third-order valence-corrected chi connectivity index (χ3v) is 5.70. The van der Waals surface area contributed by atoms with E-state index in [1.165, 1.54) is 28.6 Å². The number of nitrogens with zero attached hydrogens (tertiary/aromatic N) is 2. The quantitative estimate of drug-likeness (QED) is 0.871. The second-order valence-electron chi connectivity index (χ2n) is 6.14. The van der Waals surface area contributed by atoms with Crippen LogP contribution in [0.1, 0.15) is 14.9 Å². The van der Waals surface area contributed by atoms with Crippen LogP contribution in [-0.4, -0.2) is 56.2 Å². The van der Waals surface area contributed by atoms with E-state index in [0.29, 0.717) is 11.4 Å². The molecule has 1 amide bonds. The van der Waals surface area contributed by atoms with E-state index in [1.807, 2.05) is 36.4 Å². The third-order valence-electron chi connectivity index (χ3n) is 4.32. The molecule has 0 spiro atoms. The first-order valence-electron chi connectivity index (χ1n) is 9.82. The number of thioether (sulfide) groups is 1. The van der Waals surface area contributed by atoms with Gasteiger partial charge in [-0.05, 0) is 43.9 Å². The number of ether oxygens (including phenoxy) is 1. The van der Waals surface area contributed by atoms with Crippen molar-refractivity contribution in [2.45, 2.75) is 16.2 Å². The number of aliphatic hydroxyl groups excluding tert-OH is 1. The van der Waals surface area contributed by atoms with Gasteiger partial charge in [-0.25, -0.2) is 0 Å². The van der Waals surface area contributed by atoms with E-state index in [-0.39, 0.29) is 13.1 Å². The number of hydrogen-bond donors (Lipinski definition) is 1. The molecule has 2 atom stereocenters. The predicted molar refractivity (Wildman–Crippen MR) is 105 cm³/mol. The molecule has 1 N–H and O–H groups in total. The van der Waals surface area contributed by atoms with Crippen LogP contribution in [0.2, 0.25) is 0 Å². The number of anilines is 1. The Kier molecular flexibility index (Phi) is 4.71. The van der Waals surface area contributed by atoms with Crippen molar-refractivity contribution in [3.63, 3.8) is 0 Å². The fourth-order valence-corrected chi connectivity index (χ4v) is 4.18. The Morgan fingerprint density at radius 1 is 1.27 bits per heavy atom. The Hall–Kier alpha value is -2.02. The first-order chi connectivity index (χ1) is 13.7. The van der Waals surface area contributed by atoms with Gasteiger partial charge in [0.1, 0.15) is 11.9 Å². The highest BCUT2D eigenvalue weighted by atomic mass is 32.2. The second kappa shape index (κ2) is 8.12. The molecule has 3 rings (SSSR count). The minimum Gasteiger partial charge on any atom is -0.497 e. The summed E-state index contributed by atoms with van der Waals surface area (Å²) in [5.41, 5.74) is 1.49. The summed E-state index contributed by atoms with van der Waals surface area (Å²) in [6.45, 7) is -1.92. The standard InChI is InChI=1S/C20H24N2O3S/c1-21(2)12-13-22-16-6-4-5-7-17(16)26-19(18(23)20(22)24)14-8-10-15(25-3)11-9-14/h4-11,18-19,23H,12-13H2,1-3H3/t18-,19+/m1/s1/i1D3. The van der Waals surface area contributed by atoms with Gasteiger partial charge in [0.25, 0.3) is 5.91 Å². The molecule has 0 saturated carbocycles. The van der Waals surface area contributed by atoms with Crippen LogP contribution in [-0.2, 0) is 4.79 Å². The van der Waals surface area contributed by atoms with Crippen LogP contribution in [0.5, 0.6) is 5.75 Å². The molecule has 0 bridgehead atoms. The van der Waals surface area contributed by atoms with Crippen molar-refractivity contribution >= 4 is 23.4 Å². The zero-order valence-corrected chi connectivity index (χ0v) is 15.6. The summed E-state index contributed by atoms with van der Waals surface area (Å²) in [7, 11) is 3.07. The van der Waals surface area contributed by atoms with Crippen LogP contribution in [0.25, 0.3) is 0 Å². The van der Waals surface area contributed by atoms with Gasteiger partial charge >= 0.3 is 0 Å². The molecule has 2 aromatic rings. The molecule has 0 aromatic heterocycles. The van der Waals surface area contributed by atoms with Crippen LogP contribution < -0.4 is 9.64 Å². The Balaban J connectivity index is 1.92. The van der Waals surface area contributed by atoms with Gasteiger partial charge in [-0.1, -0.05) is 24.3 Å². The lowest BCUT2D eigenvalue weighted by Gasteiger charge is -2.26. The number of hydrogen-bond acceptors (Lipinski definition) is 5. The summed E-state index contributed by atoms with van der Waals surface area (Å²) in [4.78, 5) is 16.7. The largest absolute Gasteiger partial charge is 0.497 e. The number of aliphatic hydroxyl groups is 1. The number of para-hydroxylation sites is 1. The number of likely N-dealkylation sites (N-methyl/N-ethyl adjacent to an activating group) is 1. The number of rotatable bonds is 5. The van der Waals surface area contributed by atoms with E-state index in [9.17, 15) is 9.90 Å². The fourth-order valence-electron chi connectivity index (χ4n) is 2.91. The molecular weight excluding hydrogens is 348 g/mol. The summed E-state index contributed by atoms with van der Waals surface area (Å²) >= 11 is 1.42. The molecule has 26 heavy (non-hydrogen) atoms. The first kappa shape index (κ1) is 15.1. The molecule has 5 nitrogen and oxygen atoms in total. The molecule has 1 aliphatic heterocycles. The van der Waals surface area contributed by atoms with Gasteiger partial charge in [-0.15, -0.1) is 11.8 Å². The van der Waals surface area contributed by atoms with Crippen molar-refractivity contribution in [2.75, 3.05) is 39.1 Å². The van der Waals surface area contributed by atoms with E-state index in [0.717, 1.165) is 10.5 Å². The van der Waals surface area contributed by atoms with E-state index >= 15 is 0 Å². The van der Waals surface area contributed by atoms with Crippen molar-refractivity contribution in [3.05, 3.63) is 54.1 Å². The highest BCUT2D eigenvalue weighted by Crippen LogP contribution is 2.45. The topological polar surface area (TPSA) is 53.0 Å². The molecule has 1 heterocycles. The van der Waals surface area contributed by atoms with Crippen molar-refractivity contribution < 1.29 is 18.8 Å². The highest BCUT2D eigenvalue weighted by Gasteiger charge is 2.37. The summed E-state index contributed by atoms with van der Waals surface area (Å²) in [5.74, 6) is 0.255. The zero-order chi connectivity index (χ0) is 21.2. The van der Waals surface area contributed by atoms with Gasteiger partial charge in [0.2, 0.25) is 0 Å². The molecule has 0 saturated heterocycles. The number of benzene rings is 2. The van der Waals surface area contributed by atoms with E-state index in [2.05, 4.69) is 0 Å². The number of amides is 1. The zero-order valence-electron chi connectivity index (χ0n) is 17.8. The highest BCUT2D eigenvalue weighted by molar-refractivity contribution is 7.99. The minimum absolute atomic E-state index is 0.154. The summed E-state index contributed by atoms with van der Waals surface area (Å²) < 4.78 is 27.7. The Bertz CT molecular complexity index is 861. The number of carbonyl (C=O) groups excluding carboxylic acids is 1. The molecule has 6 heteroatoms. The first-order valence-corrected chi connectivity index (χ1v) is 9.20. The lowest BCUT2D eigenvalue weighted by molar-refractivity contribution is -0.126. The van der Waals surface area contributed by atoms with Crippen molar-refractivity contribution in [1.29, 1.82) is 0 Å². The maximum absolute atomic E-state index is 13.2. The Morgan fingerprint density at radius 3 is 2.69 bits per heavy atom. The van der Waals surface area contributed by atoms with Gasteiger partial charge in [-0.3, -0.25) is 4.79 Å². The van der Waals surface area contributed by atoms with Gasteiger partial charge in [0.05, 0.1) is 18.0 Å². The maximum Gasteiger partial charge on any atom is 0.257 e. The molecular formula is C20H24N2O3S. The fraction of sp³-hybridized carbons (Fsp3) is 0.350. The molecule has 0 aliphatic carbocycles. The van der Waals surface area contributed by atoms with Crippen LogP contribution in [0.3, 0.4) is 0 Å². The van der Waals surface area contributed by atoms with E-state index < -0.39 is 24.2 Å². The summed E-state index contributed by atoms with van der Waals surface area (Å²) in [5, 5.41) is 10.4. The number of carbonyl (C=O) groups is 1. The van der Waals surface area contributed by atoms with Gasteiger partial charge in [0, 0.05) is 22.1 Å². The number of fused-ring (bicyclic) bond motifs is 1. The summed E-state index contributed by atoms with van der Waals surface area (Å²) in [6, 6.07) is 14.7. The average molecular weight is 376 g/mol. The molecule has 2 aromatic carbocycles. The molecule has 1 aliphatic rings. The van der Waals surface area contributed by atoms with Crippen molar-refractivity contribution in [1.82, 2.24) is 4.90 Å². The van der Waals surface area contributed by atoms with Crippen LogP contribution >= 0.6 is 11.8 Å². The third kappa shape index (κ3) is 3.87. The molecule has 138 valence electrons. The SMILES string of the molecule is [2H]C([2H])([2H])N(C)CCN1C(=O)[C@H](O)[C@H](c2ccc(OC)cc2)Sc2ccccc21. The van der Waals surface area contributed by atoms with Crippen LogP contribution in [0.15, 0.2) is 53.4 Å². The monoisotopic (exact) mass is 375 g/mol. The van der Waals surface area contributed by atoms with Crippen molar-refractivity contribution in [3.8, 4) is 5.75 Å². The smallest absolute Gasteiger partial charge is 0.257 e. The molecule has 0 unspecified atom stereocenters. The molecule has 0 fully saturated rings. The second-order valence-corrected chi connectivity index (χ2v) is 7.32. The number of methoxy groups -OCH3 is 1. The van der Waals surface area contributed by atoms with Crippen LogP contribution in [0.4, 0.5) is 5.69 Å². The van der Waals surface area contributed by atoms with E-state index in [4.69, 9.17) is 8.85 Å². The lowest BCUT2D eigenvalue weighted by atomic mass is 10.1. The average Bonchev–Trinajstić information content (AvgIpc) is 2.81.